The van der Waals surface area contributed by atoms with Gasteiger partial charge in [-0.05, 0) is 29.6 Å². The van der Waals surface area contributed by atoms with Gasteiger partial charge in [0.1, 0.15) is 0 Å². The van der Waals surface area contributed by atoms with Gasteiger partial charge in [0.05, 0.1) is 6.10 Å². The Morgan fingerprint density at radius 1 is 1.08 bits per heavy atom. The van der Waals surface area contributed by atoms with E-state index in [1.807, 2.05) is 49.5 Å². The first-order chi connectivity index (χ1) is 12.6. The van der Waals surface area contributed by atoms with E-state index in [1.54, 1.807) is 6.20 Å². The van der Waals surface area contributed by atoms with Crippen LogP contribution >= 0.6 is 0 Å². The Kier molecular flexibility index (Phi) is 6.17. The van der Waals surface area contributed by atoms with E-state index < -0.39 is 6.10 Å². The molecule has 1 atom stereocenters. The van der Waals surface area contributed by atoms with Crippen LogP contribution in [0.5, 0.6) is 0 Å². The van der Waals surface area contributed by atoms with Crippen LogP contribution in [0.15, 0.2) is 65.6 Å². The fourth-order valence-corrected chi connectivity index (χ4v) is 3.17. The monoisotopic (exact) mass is 351 g/mol. The molecule has 0 bridgehead atoms. The predicted octanol–water partition coefficient (Wildman–Crippen LogP) is 2.11. The van der Waals surface area contributed by atoms with E-state index >= 15 is 0 Å². The van der Waals surface area contributed by atoms with E-state index in [-0.39, 0.29) is 5.56 Å². The van der Waals surface area contributed by atoms with Crippen LogP contribution in [0.2, 0.25) is 0 Å². The van der Waals surface area contributed by atoms with Crippen molar-refractivity contribution < 1.29 is 5.11 Å². The summed E-state index contributed by atoms with van der Waals surface area (Å²) in [6.45, 7) is 2.49. The van der Waals surface area contributed by atoms with Gasteiger partial charge in [-0.2, -0.15) is 0 Å². The topological polar surface area (TPSA) is 68.4 Å². The van der Waals surface area contributed by atoms with E-state index in [0.29, 0.717) is 25.0 Å². The number of aromatic amines is 1. The van der Waals surface area contributed by atoms with Crippen LogP contribution < -0.4 is 10.9 Å². The Hall–Kier alpha value is -2.47. The molecular formula is C21H25N3O2. The maximum absolute atomic E-state index is 11.9. The van der Waals surface area contributed by atoms with Gasteiger partial charge in [-0.25, -0.2) is 0 Å². The quantitative estimate of drug-likeness (QED) is 0.581. The Morgan fingerprint density at radius 2 is 1.77 bits per heavy atom. The molecular weight excluding hydrogens is 326 g/mol. The van der Waals surface area contributed by atoms with Crippen molar-refractivity contribution in [1.82, 2.24) is 15.2 Å². The lowest BCUT2D eigenvalue weighted by Crippen LogP contribution is -2.36. The van der Waals surface area contributed by atoms with Crippen LogP contribution in [-0.2, 0) is 13.1 Å². The standard InChI is InChI=1S/C21H25N3O2/c1-24(14-16-7-3-2-4-8-16)15-18(25)13-22-11-17-12-23-21(26)20-10-6-5-9-19(17)20/h2-10,12,18,22,25H,11,13-15H2,1H3,(H,23,26). The minimum atomic E-state index is -0.460. The molecule has 0 saturated carbocycles. The largest absolute Gasteiger partial charge is 0.390 e. The smallest absolute Gasteiger partial charge is 0.255 e. The van der Waals surface area contributed by atoms with Crippen molar-refractivity contribution in [1.29, 1.82) is 0 Å². The van der Waals surface area contributed by atoms with Gasteiger partial charge in [0.25, 0.3) is 5.56 Å². The van der Waals surface area contributed by atoms with Crippen LogP contribution in [0, 0.1) is 0 Å². The van der Waals surface area contributed by atoms with Gasteiger partial charge in [-0.15, -0.1) is 0 Å². The van der Waals surface area contributed by atoms with Crippen molar-refractivity contribution in [3.8, 4) is 0 Å². The third-order valence-electron chi connectivity index (χ3n) is 4.41. The fourth-order valence-electron chi connectivity index (χ4n) is 3.17. The molecule has 26 heavy (non-hydrogen) atoms. The first-order valence-electron chi connectivity index (χ1n) is 8.84. The Bertz CT molecular complexity index is 892. The van der Waals surface area contributed by atoms with Gasteiger partial charge >= 0.3 is 0 Å². The second kappa shape index (κ2) is 8.76. The maximum Gasteiger partial charge on any atom is 0.255 e. The molecule has 0 saturated heterocycles. The molecule has 3 rings (SSSR count). The zero-order valence-corrected chi connectivity index (χ0v) is 15.0. The predicted molar refractivity (Wildman–Crippen MR) is 105 cm³/mol. The van der Waals surface area contributed by atoms with E-state index in [4.69, 9.17) is 0 Å². The van der Waals surface area contributed by atoms with Crippen molar-refractivity contribution in [3.63, 3.8) is 0 Å². The number of nitrogens with zero attached hydrogens (tertiary/aromatic N) is 1. The number of likely N-dealkylation sites (N-methyl/N-ethyl adjacent to an activating group) is 1. The lowest BCUT2D eigenvalue weighted by molar-refractivity contribution is 0.121. The summed E-state index contributed by atoms with van der Waals surface area (Å²) >= 11 is 0. The second-order valence-electron chi connectivity index (χ2n) is 6.66. The minimum absolute atomic E-state index is 0.0769. The molecule has 1 aromatic heterocycles. The number of fused-ring (bicyclic) bond motifs is 1. The summed E-state index contributed by atoms with van der Waals surface area (Å²) in [6.07, 6.45) is 1.28. The lowest BCUT2D eigenvalue weighted by atomic mass is 10.1. The average molecular weight is 351 g/mol. The number of aromatic nitrogens is 1. The summed E-state index contributed by atoms with van der Waals surface area (Å²) < 4.78 is 0. The molecule has 0 aliphatic rings. The third-order valence-corrected chi connectivity index (χ3v) is 4.41. The second-order valence-corrected chi connectivity index (χ2v) is 6.66. The van der Waals surface area contributed by atoms with Crippen molar-refractivity contribution in [2.75, 3.05) is 20.1 Å². The van der Waals surface area contributed by atoms with E-state index in [9.17, 15) is 9.90 Å². The number of hydrogen-bond acceptors (Lipinski definition) is 4. The fraction of sp³-hybridized carbons (Fsp3) is 0.286. The number of hydrogen-bond donors (Lipinski definition) is 3. The molecule has 0 aliphatic carbocycles. The third kappa shape index (κ3) is 4.79. The van der Waals surface area contributed by atoms with Gasteiger partial charge in [0, 0.05) is 37.8 Å². The number of benzene rings is 2. The molecule has 3 N–H and O–H groups in total. The molecule has 0 fully saturated rings. The Morgan fingerprint density at radius 3 is 2.54 bits per heavy atom. The molecule has 1 heterocycles. The summed E-state index contributed by atoms with van der Waals surface area (Å²) in [6, 6.07) is 17.8. The zero-order valence-electron chi connectivity index (χ0n) is 15.0. The first-order valence-corrected chi connectivity index (χ1v) is 8.84. The number of rotatable bonds is 8. The molecule has 5 nitrogen and oxygen atoms in total. The zero-order chi connectivity index (χ0) is 18.4. The number of pyridine rings is 1. The summed E-state index contributed by atoms with van der Waals surface area (Å²) in [5.41, 5.74) is 2.17. The van der Waals surface area contributed by atoms with Gasteiger partial charge in [0.15, 0.2) is 0 Å². The Labute approximate surface area is 153 Å². The molecule has 5 heteroatoms. The van der Waals surface area contributed by atoms with Crippen molar-refractivity contribution >= 4 is 10.8 Å². The molecule has 136 valence electrons. The highest BCUT2D eigenvalue weighted by Gasteiger charge is 2.09. The number of aliphatic hydroxyl groups is 1. The minimum Gasteiger partial charge on any atom is -0.390 e. The molecule has 3 aromatic rings. The summed E-state index contributed by atoms with van der Waals surface area (Å²) in [4.78, 5) is 16.7. The maximum atomic E-state index is 11.9. The summed E-state index contributed by atoms with van der Waals surface area (Å²) in [5, 5.41) is 15.2. The van der Waals surface area contributed by atoms with Gasteiger partial charge in [0.2, 0.25) is 0 Å². The number of H-pyrrole nitrogens is 1. The van der Waals surface area contributed by atoms with Crippen LogP contribution in [0.3, 0.4) is 0 Å². The molecule has 2 aromatic carbocycles. The first kappa shape index (κ1) is 18.3. The average Bonchev–Trinajstić information content (AvgIpc) is 2.64. The van der Waals surface area contributed by atoms with Crippen molar-refractivity contribution in [2.24, 2.45) is 0 Å². The Balaban J connectivity index is 1.50. The molecule has 0 aliphatic heterocycles. The van der Waals surface area contributed by atoms with Crippen molar-refractivity contribution in [2.45, 2.75) is 19.2 Å². The van der Waals surface area contributed by atoms with Crippen molar-refractivity contribution in [3.05, 3.63) is 82.3 Å². The molecule has 1 unspecified atom stereocenters. The van der Waals surface area contributed by atoms with E-state index in [0.717, 1.165) is 17.5 Å². The van der Waals surface area contributed by atoms with Gasteiger partial charge in [-0.1, -0.05) is 48.5 Å². The highest BCUT2D eigenvalue weighted by atomic mass is 16.3. The van der Waals surface area contributed by atoms with Crippen LogP contribution in [0.1, 0.15) is 11.1 Å². The summed E-state index contributed by atoms with van der Waals surface area (Å²) in [7, 11) is 2.01. The normalized spacial score (nSPS) is 12.6. The number of nitrogens with one attached hydrogen (secondary N) is 2. The lowest BCUT2D eigenvalue weighted by Gasteiger charge is -2.21. The van der Waals surface area contributed by atoms with Crippen LogP contribution in [0.4, 0.5) is 0 Å². The molecule has 0 radical (unpaired) electrons. The highest BCUT2D eigenvalue weighted by molar-refractivity contribution is 5.84. The molecule has 0 spiro atoms. The highest BCUT2D eigenvalue weighted by Crippen LogP contribution is 2.13. The number of aliphatic hydroxyl groups excluding tert-OH is 1. The van der Waals surface area contributed by atoms with Gasteiger partial charge in [-0.3, -0.25) is 9.69 Å². The SMILES string of the molecule is CN(Cc1ccccc1)CC(O)CNCc1c[nH]c(=O)c2ccccc12. The van der Waals surface area contributed by atoms with Crippen LogP contribution in [0.25, 0.3) is 10.8 Å². The van der Waals surface area contributed by atoms with E-state index in [1.165, 1.54) is 5.56 Å². The van der Waals surface area contributed by atoms with Gasteiger partial charge < -0.3 is 15.4 Å². The van der Waals surface area contributed by atoms with E-state index in [2.05, 4.69) is 27.3 Å². The summed E-state index contributed by atoms with van der Waals surface area (Å²) in [5.74, 6) is 0. The molecule has 0 amide bonds. The van der Waals surface area contributed by atoms with Crippen LogP contribution in [-0.4, -0.2) is 41.2 Å².